The molecule has 2 aliphatic heterocycles. The predicted molar refractivity (Wildman–Crippen MR) is 297 cm³/mol. The molecule has 2 heterocycles. The van der Waals surface area contributed by atoms with Gasteiger partial charge in [-0.2, -0.15) is 0 Å². The summed E-state index contributed by atoms with van der Waals surface area (Å²) in [5, 5.41) is 13.6. The molecule has 0 radical (unpaired) electrons. The number of ether oxygens (including phenoxy) is 6. The number of nitrogens with zero attached hydrogens (tertiary/aromatic N) is 2. The van der Waals surface area contributed by atoms with Gasteiger partial charge in [0.2, 0.25) is 5.91 Å². The number of nitrogens with one attached hydrogen (secondary N) is 1. The van der Waals surface area contributed by atoms with Crippen LogP contribution in [0.2, 0.25) is 10.0 Å². The molecule has 4 aromatic carbocycles. The minimum Gasteiger partial charge on any atom is -0.480 e. The van der Waals surface area contributed by atoms with Crippen LogP contribution in [0.5, 0.6) is 23.0 Å². The van der Waals surface area contributed by atoms with Gasteiger partial charge in [0.15, 0.2) is 0 Å². The second kappa shape index (κ2) is 25.8. The highest BCUT2D eigenvalue weighted by Crippen LogP contribution is 2.46. The van der Waals surface area contributed by atoms with Crippen LogP contribution in [-0.2, 0) is 64.1 Å². The van der Waals surface area contributed by atoms with E-state index in [-0.39, 0.29) is 62.8 Å². The van der Waals surface area contributed by atoms with Gasteiger partial charge in [-0.05, 0) is 151 Å². The number of nitrogens with two attached hydrogens (primary N) is 1. The zero-order valence-corrected chi connectivity index (χ0v) is 47.4. The lowest BCUT2D eigenvalue weighted by Crippen LogP contribution is -2.57. The van der Waals surface area contributed by atoms with Gasteiger partial charge in [0.1, 0.15) is 57.4 Å². The van der Waals surface area contributed by atoms with Crippen LogP contribution in [0.1, 0.15) is 90.5 Å². The fourth-order valence-corrected chi connectivity index (χ4v) is 9.08. The van der Waals surface area contributed by atoms with Gasteiger partial charge in [0.25, 0.3) is 0 Å². The largest absolute Gasteiger partial charge is 0.480 e. The summed E-state index contributed by atoms with van der Waals surface area (Å²) < 4.78 is 32.8. The Morgan fingerprint density at radius 2 is 1.09 bits per heavy atom. The summed E-state index contributed by atoms with van der Waals surface area (Å²) in [5.41, 5.74) is 5.72. The van der Waals surface area contributed by atoms with Gasteiger partial charge in [0, 0.05) is 34.7 Å². The van der Waals surface area contributed by atoms with E-state index in [9.17, 15) is 33.9 Å². The van der Waals surface area contributed by atoms with Crippen molar-refractivity contribution in [3.63, 3.8) is 0 Å². The molecule has 17 nitrogen and oxygen atoms in total. The molecule has 78 heavy (non-hydrogen) atoms. The maximum absolute atomic E-state index is 13.7. The number of aliphatic carboxylic acids is 1. The van der Waals surface area contributed by atoms with E-state index in [1.54, 1.807) is 128 Å². The van der Waals surface area contributed by atoms with Gasteiger partial charge in [0.05, 0.1) is 26.3 Å². The Kier molecular flexibility index (Phi) is 20.5. The molecule has 20 heteroatoms. The first-order chi connectivity index (χ1) is 36.2. The fraction of sp³-hybridized carbons (Fsp3) is 0.414. The molecule has 2 aliphatic carbocycles. The normalized spacial score (nSPS) is 21.5. The molecule has 0 bridgehead atoms. The number of amides is 3. The smallest absolute Gasteiger partial charge is 0.411 e. The van der Waals surface area contributed by atoms with Crippen LogP contribution >= 0.6 is 35.6 Å². The number of benzene rings is 4. The summed E-state index contributed by atoms with van der Waals surface area (Å²) in [4.78, 5) is 77.6. The van der Waals surface area contributed by atoms with Crippen LogP contribution in [-0.4, -0.2) is 98.5 Å². The van der Waals surface area contributed by atoms with Gasteiger partial charge in [-0.25, -0.2) is 19.2 Å². The quantitative estimate of drug-likeness (QED) is 0.0644. The highest BCUT2D eigenvalue weighted by Gasteiger charge is 2.62. The maximum atomic E-state index is 13.7. The lowest BCUT2D eigenvalue weighted by atomic mass is 9.93. The number of hydrogen-bond acceptors (Lipinski definition) is 13. The van der Waals surface area contributed by atoms with E-state index in [4.69, 9.17) is 57.4 Å². The van der Waals surface area contributed by atoms with E-state index in [1.807, 2.05) is 24.3 Å². The Labute approximate surface area is 471 Å². The molecule has 2 unspecified atom stereocenters. The Hall–Kier alpha value is -6.79. The molecule has 0 saturated heterocycles. The Morgan fingerprint density at radius 3 is 1.49 bits per heavy atom. The summed E-state index contributed by atoms with van der Waals surface area (Å²) in [6, 6.07) is 23.1. The van der Waals surface area contributed by atoms with E-state index in [1.165, 1.54) is 9.80 Å². The van der Waals surface area contributed by atoms with E-state index >= 15 is 0 Å². The molecule has 4 N–H and O–H groups in total. The third kappa shape index (κ3) is 15.9. The summed E-state index contributed by atoms with van der Waals surface area (Å²) >= 11 is 12.1. The number of carbonyl (C=O) groups is 6. The second-order valence-corrected chi connectivity index (χ2v) is 21.9. The number of fused-ring (bicyclic) bond motifs is 2. The molecule has 0 spiro atoms. The van der Waals surface area contributed by atoms with Crippen molar-refractivity contribution in [2.75, 3.05) is 13.2 Å². The Balaban J connectivity index is 0.000000245. The molecule has 2 saturated carbocycles. The van der Waals surface area contributed by atoms with Crippen LogP contribution in [0.4, 0.5) is 9.59 Å². The summed E-state index contributed by atoms with van der Waals surface area (Å²) in [6.07, 6.45) is 3.56. The van der Waals surface area contributed by atoms with E-state index in [2.05, 4.69) is 18.5 Å². The number of rotatable bonds is 13. The lowest BCUT2D eigenvalue weighted by molar-refractivity contribution is -0.150. The van der Waals surface area contributed by atoms with Gasteiger partial charge in [-0.15, -0.1) is 25.6 Å². The predicted octanol–water partition coefficient (Wildman–Crippen LogP) is 11.2. The molecule has 3 amide bonds. The first-order valence-electron chi connectivity index (χ1n) is 25.3. The van der Waals surface area contributed by atoms with Crippen molar-refractivity contribution < 1.29 is 62.3 Å². The highest BCUT2D eigenvalue weighted by atomic mass is 35.5. The Morgan fingerprint density at radius 1 is 0.654 bits per heavy atom. The number of carboxylic acid groups (broad SMARTS) is 1. The van der Waals surface area contributed by atoms with Crippen molar-refractivity contribution in [1.29, 1.82) is 0 Å². The number of hydrogen-bond donors (Lipinski definition) is 3. The molecule has 4 aromatic rings. The maximum Gasteiger partial charge on any atom is 0.411 e. The van der Waals surface area contributed by atoms with Gasteiger partial charge >= 0.3 is 30.1 Å². The molecular weight excluding hydrogens is 1070 g/mol. The van der Waals surface area contributed by atoms with E-state index in [0.717, 1.165) is 22.3 Å². The van der Waals surface area contributed by atoms with Crippen LogP contribution in [0, 0.1) is 11.8 Å². The molecule has 6 atom stereocenters. The molecule has 8 rings (SSSR count). The molecule has 4 aliphatic rings. The Bertz CT molecular complexity index is 2890. The van der Waals surface area contributed by atoms with Crippen molar-refractivity contribution in [3.8, 4) is 23.0 Å². The molecule has 420 valence electrons. The van der Waals surface area contributed by atoms with Crippen LogP contribution in [0.3, 0.4) is 0 Å². The first kappa shape index (κ1) is 62.1. The van der Waals surface area contributed by atoms with Crippen molar-refractivity contribution in [1.82, 2.24) is 15.1 Å². The van der Waals surface area contributed by atoms with Crippen molar-refractivity contribution in [2.24, 2.45) is 17.6 Å². The van der Waals surface area contributed by atoms with Gasteiger partial charge in [-0.3, -0.25) is 19.4 Å². The van der Waals surface area contributed by atoms with E-state index in [0.29, 0.717) is 52.5 Å². The average Bonchev–Trinajstić information content (AvgIpc) is 4.44. The van der Waals surface area contributed by atoms with Crippen molar-refractivity contribution in [3.05, 3.63) is 143 Å². The summed E-state index contributed by atoms with van der Waals surface area (Å²) in [6.45, 7) is 22.3. The zero-order chi connectivity index (χ0) is 56.6. The first-order valence-corrected chi connectivity index (χ1v) is 26.0. The minimum absolute atomic E-state index is 0. The monoisotopic (exact) mass is 1130 g/mol. The summed E-state index contributed by atoms with van der Waals surface area (Å²) in [5.74, 6) is -0.135. The topological polar surface area (TPSA) is 223 Å². The highest BCUT2D eigenvalue weighted by molar-refractivity contribution is 6.31. The number of halogens is 3. The fourth-order valence-electron chi connectivity index (χ4n) is 8.72. The molecular formula is C58H69Cl3N4O13. The van der Waals surface area contributed by atoms with E-state index < -0.39 is 64.4 Å². The molecule has 2 fully saturated rings. The number of carboxylic acids is 1. The summed E-state index contributed by atoms with van der Waals surface area (Å²) in [7, 11) is 0. The standard InChI is InChI=1S/C29H33ClN2O6.C21H22ClNO5.C8H13NO2.ClH/c1-6-20-16-29(20,26(34)36-7-2)31-25(33)24-14-19-13-23(37-22-10-8-9-21(30)15-22)12-11-18(19)17-32(24)27(35)38-28(3,4)5;1-21(2,3)28-20(26)23-12-13-7-8-17(9-14(13)10-18(23)19(24)25)27-16-6-4-5-15(22)11-16;1-3-6-5-8(6,9)7(10)11-4-2;/h6,8-13,15,20,24H,1,7,14,16-17H2,2-5H3,(H,31,33);4-9,11,18H,10,12H2,1-3H3,(H,24,25);3,6H,1,4-5,9H2,2H3;1H/t20-,24?,29-;;6-,8-;/m1.1./s1. The van der Waals surface area contributed by atoms with Gasteiger partial charge < -0.3 is 44.6 Å². The second-order valence-electron chi connectivity index (χ2n) is 21.0. The minimum atomic E-state index is -1.17. The third-order valence-electron chi connectivity index (χ3n) is 12.8. The zero-order valence-electron chi connectivity index (χ0n) is 45.1. The number of carbonyl (C=O) groups excluding carboxylic acids is 5. The third-order valence-corrected chi connectivity index (χ3v) is 13.3. The van der Waals surface area contributed by atoms with Crippen LogP contribution in [0.15, 0.2) is 110 Å². The lowest BCUT2D eigenvalue weighted by Gasteiger charge is -2.37. The molecule has 0 aromatic heterocycles. The number of esters is 2. The SMILES string of the molecule is C=C[C@@H]1C[C@]1(N)C(=O)OCC.C=C[C@@H]1C[C@]1(NC(=O)C1Cc2cc(Oc3cccc(Cl)c3)ccc2CN1C(=O)OC(C)(C)C)C(=O)OCC.CC(C)(C)OC(=O)N1Cc2ccc(Oc3cccc(Cl)c3)cc2CC1C(=O)O.Cl. The van der Waals surface area contributed by atoms with Gasteiger partial charge in [-0.1, -0.05) is 59.6 Å². The van der Waals surface area contributed by atoms with Crippen molar-refractivity contribution in [2.45, 2.75) is 129 Å². The van der Waals surface area contributed by atoms with Crippen LogP contribution < -0.4 is 20.5 Å². The van der Waals surface area contributed by atoms with Crippen LogP contribution in [0.25, 0.3) is 0 Å². The average molecular weight is 1140 g/mol. The van der Waals surface area contributed by atoms with Crippen molar-refractivity contribution >= 4 is 71.6 Å².